The minimum Gasteiger partial charge on any atom is -0.267 e. The quantitative estimate of drug-likeness (QED) is 0.466. The van der Waals surface area contributed by atoms with Crippen LogP contribution in [0.1, 0.15) is 26.4 Å². The van der Waals surface area contributed by atoms with Crippen molar-refractivity contribution in [2.24, 2.45) is 0 Å². The molecule has 7 nitrogen and oxygen atoms in total. The SMILES string of the molecule is O=C(NNC(=O)c1nn(-c2ccccc2)c(=O)c2ccccc12)c1cccc(C(F)(F)F)c1. The summed E-state index contributed by atoms with van der Waals surface area (Å²) in [7, 11) is 0. The smallest absolute Gasteiger partial charge is 0.267 e. The molecule has 0 aliphatic carbocycles. The molecule has 2 amide bonds. The van der Waals surface area contributed by atoms with Gasteiger partial charge in [-0.25, -0.2) is 0 Å². The Hall–Kier alpha value is -4.47. The zero-order chi connectivity index (χ0) is 23.6. The van der Waals surface area contributed by atoms with E-state index in [2.05, 4.69) is 16.0 Å². The van der Waals surface area contributed by atoms with E-state index in [1.165, 1.54) is 18.2 Å². The fourth-order valence-corrected chi connectivity index (χ4v) is 3.18. The highest BCUT2D eigenvalue weighted by Gasteiger charge is 2.31. The standard InChI is InChI=1S/C23H15F3N4O3/c24-23(25,26)15-8-6-7-14(13-15)20(31)27-28-21(32)19-17-11-4-5-12-18(17)22(33)30(29-19)16-9-2-1-3-10-16/h1-13H,(H,27,31)(H,28,32). The molecule has 33 heavy (non-hydrogen) atoms. The van der Waals surface area contributed by atoms with E-state index in [1.54, 1.807) is 42.5 Å². The first kappa shape index (κ1) is 21.8. The number of alkyl halides is 3. The lowest BCUT2D eigenvalue weighted by molar-refractivity contribution is -0.137. The van der Waals surface area contributed by atoms with Gasteiger partial charge in [0.1, 0.15) is 0 Å². The molecule has 10 heteroatoms. The van der Waals surface area contributed by atoms with Crippen molar-refractivity contribution in [2.45, 2.75) is 6.18 Å². The highest BCUT2D eigenvalue weighted by molar-refractivity contribution is 6.06. The molecule has 0 unspecified atom stereocenters. The van der Waals surface area contributed by atoms with E-state index in [4.69, 9.17) is 0 Å². The molecule has 0 spiro atoms. The average Bonchev–Trinajstić information content (AvgIpc) is 2.83. The lowest BCUT2D eigenvalue weighted by Gasteiger charge is -2.12. The molecule has 0 radical (unpaired) electrons. The molecule has 1 heterocycles. The Bertz CT molecular complexity index is 1420. The molecule has 0 aliphatic heterocycles. The molecule has 0 bridgehead atoms. The Morgan fingerprint density at radius 1 is 0.788 bits per heavy atom. The van der Waals surface area contributed by atoms with E-state index in [1.807, 2.05) is 0 Å². The normalized spacial score (nSPS) is 11.2. The van der Waals surface area contributed by atoms with Crippen LogP contribution >= 0.6 is 0 Å². The lowest BCUT2D eigenvalue weighted by Crippen LogP contribution is -2.42. The van der Waals surface area contributed by atoms with Crippen molar-refractivity contribution in [1.29, 1.82) is 0 Å². The summed E-state index contributed by atoms with van der Waals surface area (Å²) >= 11 is 0. The maximum atomic E-state index is 12.9. The van der Waals surface area contributed by atoms with E-state index in [0.717, 1.165) is 16.8 Å². The van der Waals surface area contributed by atoms with Crippen LogP contribution in [0.25, 0.3) is 16.5 Å². The van der Waals surface area contributed by atoms with Gasteiger partial charge in [0.05, 0.1) is 16.6 Å². The summed E-state index contributed by atoms with van der Waals surface area (Å²) in [6.45, 7) is 0. The number of hydrogen-bond donors (Lipinski definition) is 2. The van der Waals surface area contributed by atoms with Crippen LogP contribution in [0.4, 0.5) is 13.2 Å². The third-order valence-electron chi connectivity index (χ3n) is 4.76. The second kappa shape index (κ2) is 8.58. The Kier molecular flexibility index (Phi) is 5.65. The number of halogens is 3. The molecular weight excluding hydrogens is 437 g/mol. The van der Waals surface area contributed by atoms with Crippen LogP contribution in [0, 0.1) is 0 Å². The van der Waals surface area contributed by atoms with E-state index in [9.17, 15) is 27.6 Å². The van der Waals surface area contributed by atoms with Crippen molar-refractivity contribution in [3.05, 3.63) is 106 Å². The Labute approximate surface area is 184 Å². The fraction of sp³-hybridized carbons (Fsp3) is 0.0435. The zero-order valence-corrected chi connectivity index (χ0v) is 16.8. The molecule has 4 aromatic rings. The van der Waals surface area contributed by atoms with Crippen molar-refractivity contribution in [3.8, 4) is 5.69 Å². The Morgan fingerprint density at radius 2 is 1.42 bits per heavy atom. The summed E-state index contributed by atoms with van der Waals surface area (Å²) in [5, 5.41) is 4.64. The highest BCUT2D eigenvalue weighted by atomic mass is 19.4. The predicted octanol–water partition coefficient (Wildman–Crippen LogP) is 3.48. The van der Waals surface area contributed by atoms with Gasteiger partial charge in [0.15, 0.2) is 5.69 Å². The van der Waals surface area contributed by atoms with Crippen LogP contribution < -0.4 is 16.4 Å². The Morgan fingerprint density at radius 3 is 2.12 bits per heavy atom. The first-order chi connectivity index (χ1) is 15.8. The topological polar surface area (TPSA) is 93.1 Å². The van der Waals surface area contributed by atoms with Crippen LogP contribution in [0.2, 0.25) is 0 Å². The maximum absolute atomic E-state index is 12.9. The van der Waals surface area contributed by atoms with Crippen molar-refractivity contribution in [2.75, 3.05) is 0 Å². The highest BCUT2D eigenvalue weighted by Crippen LogP contribution is 2.29. The number of nitrogens with one attached hydrogen (secondary N) is 2. The number of para-hydroxylation sites is 1. The van der Waals surface area contributed by atoms with Crippen molar-refractivity contribution in [3.63, 3.8) is 0 Å². The lowest BCUT2D eigenvalue weighted by atomic mass is 10.1. The van der Waals surface area contributed by atoms with Crippen LogP contribution in [0.5, 0.6) is 0 Å². The van der Waals surface area contributed by atoms with Gasteiger partial charge in [0, 0.05) is 10.9 Å². The Balaban J connectivity index is 1.64. The number of hydrazine groups is 1. The van der Waals surface area contributed by atoms with E-state index in [-0.39, 0.29) is 22.0 Å². The number of aromatic nitrogens is 2. The number of fused-ring (bicyclic) bond motifs is 1. The largest absolute Gasteiger partial charge is 0.416 e. The van der Waals surface area contributed by atoms with Crippen molar-refractivity contribution < 1.29 is 22.8 Å². The molecule has 3 aromatic carbocycles. The summed E-state index contributed by atoms with van der Waals surface area (Å²) in [6, 6.07) is 18.5. The van der Waals surface area contributed by atoms with Crippen molar-refractivity contribution >= 4 is 22.6 Å². The number of carbonyl (C=O) groups is 2. The minimum absolute atomic E-state index is 0.154. The van der Waals surface area contributed by atoms with Gasteiger partial charge in [-0.05, 0) is 36.4 Å². The van der Waals surface area contributed by atoms with E-state index >= 15 is 0 Å². The maximum Gasteiger partial charge on any atom is 0.416 e. The predicted molar refractivity (Wildman–Crippen MR) is 114 cm³/mol. The number of benzene rings is 3. The van der Waals surface area contributed by atoms with Crippen LogP contribution in [0.15, 0.2) is 83.7 Å². The fourth-order valence-electron chi connectivity index (χ4n) is 3.18. The summed E-state index contributed by atoms with van der Waals surface area (Å²) in [6.07, 6.45) is -4.62. The second-order valence-corrected chi connectivity index (χ2v) is 6.93. The third-order valence-corrected chi connectivity index (χ3v) is 4.76. The number of hydrogen-bond acceptors (Lipinski definition) is 4. The summed E-state index contributed by atoms with van der Waals surface area (Å²) in [5.41, 5.74) is 2.77. The van der Waals surface area contributed by atoms with Gasteiger partial charge in [-0.2, -0.15) is 23.0 Å². The molecule has 0 saturated carbocycles. The summed E-state index contributed by atoms with van der Waals surface area (Å²) in [4.78, 5) is 38.0. The summed E-state index contributed by atoms with van der Waals surface area (Å²) in [5.74, 6) is -1.80. The molecule has 0 aliphatic rings. The molecule has 0 atom stereocenters. The average molecular weight is 452 g/mol. The number of nitrogens with zero attached hydrogens (tertiary/aromatic N) is 2. The minimum atomic E-state index is -4.62. The third kappa shape index (κ3) is 4.45. The van der Waals surface area contributed by atoms with Gasteiger partial charge in [-0.1, -0.05) is 42.5 Å². The molecule has 0 saturated heterocycles. The molecule has 1 aromatic heterocycles. The molecule has 0 fully saturated rings. The van der Waals surface area contributed by atoms with Gasteiger partial charge >= 0.3 is 6.18 Å². The van der Waals surface area contributed by atoms with Crippen LogP contribution in [0.3, 0.4) is 0 Å². The van der Waals surface area contributed by atoms with Crippen LogP contribution in [-0.2, 0) is 6.18 Å². The molecule has 166 valence electrons. The van der Waals surface area contributed by atoms with Gasteiger partial charge in [-0.3, -0.25) is 25.2 Å². The first-order valence-electron chi connectivity index (χ1n) is 9.61. The van der Waals surface area contributed by atoms with E-state index in [0.29, 0.717) is 11.8 Å². The molecule has 4 rings (SSSR count). The van der Waals surface area contributed by atoms with Crippen molar-refractivity contribution in [1.82, 2.24) is 20.6 Å². The number of rotatable bonds is 3. The molecular formula is C23H15F3N4O3. The second-order valence-electron chi connectivity index (χ2n) is 6.93. The monoisotopic (exact) mass is 452 g/mol. The molecule has 2 N–H and O–H groups in total. The first-order valence-corrected chi connectivity index (χ1v) is 9.61. The number of carbonyl (C=O) groups excluding carboxylic acids is 2. The summed E-state index contributed by atoms with van der Waals surface area (Å²) < 4.78 is 39.7. The zero-order valence-electron chi connectivity index (χ0n) is 16.8. The number of amides is 2. The van der Waals surface area contributed by atoms with Gasteiger partial charge in [0.25, 0.3) is 17.4 Å². The van der Waals surface area contributed by atoms with Gasteiger partial charge < -0.3 is 0 Å². The van der Waals surface area contributed by atoms with Gasteiger partial charge in [-0.15, -0.1) is 0 Å². The van der Waals surface area contributed by atoms with E-state index < -0.39 is 29.1 Å². The van der Waals surface area contributed by atoms with Gasteiger partial charge in [0.2, 0.25) is 0 Å². The van der Waals surface area contributed by atoms with Crippen LogP contribution in [-0.4, -0.2) is 21.6 Å².